The summed E-state index contributed by atoms with van der Waals surface area (Å²) >= 11 is 5.67. The summed E-state index contributed by atoms with van der Waals surface area (Å²) in [7, 11) is 0. The molecule has 0 radical (unpaired) electrons. The van der Waals surface area contributed by atoms with Crippen LogP contribution in [-0.4, -0.2) is 33.6 Å². The highest BCUT2D eigenvalue weighted by molar-refractivity contribution is 9.10. The minimum absolute atomic E-state index is 0.519. The van der Waals surface area contributed by atoms with Gasteiger partial charge in [0.05, 0.1) is 0 Å². The van der Waals surface area contributed by atoms with Crippen LogP contribution in [-0.2, 0) is 0 Å². The van der Waals surface area contributed by atoms with Crippen LogP contribution in [0.1, 0.15) is 39.5 Å². The van der Waals surface area contributed by atoms with Crippen molar-refractivity contribution >= 4 is 39.3 Å². The van der Waals surface area contributed by atoms with E-state index < -0.39 is 0 Å². The molecule has 1 aromatic rings. The predicted octanol–water partition coefficient (Wildman–Crippen LogP) is 4.15. The fourth-order valence-corrected chi connectivity index (χ4v) is 4.17. The van der Waals surface area contributed by atoms with E-state index in [1.54, 1.807) is 6.33 Å². The molecular weight excluding hydrogens is 336 g/mol. The van der Waals surface area contributed by atoms with Gasteiger partial charge in [-0.05, 0) is 40.9 Å². The van der Waals surface area contributed by atoms with Crippen molar-refractivity contribution in [1.29, 1.82) is 0 Å². The van der Waals surface area contributed by atoms with Crippen LogP contribution in [0.4, 0.5) is 11.6 Å². The van der Waals surface area contributed by atoms with Crippen molar-refractivity contribution in [2.45, 2.75) is 50.8 Å². The van der Waals surface area contributed by atoms with Crippen molar-refractivity contribution < 1.29 is 0 Å². The summed E-state index contributed by atoms with van der Waals surface area (Å²) in [6, 6.07) is 0.519. The lowest BCUT2D eigenvalue weighted by atomic mass is 10.2. The van der Waals surface area contributed by atoms with Crippen LogP contribution in [0.25, 0.3) is 0 Å². The molecule has 0 aliphatic heterocycles. The summed E-state index contributed by atoms with van der Waals surface area (Å²) in [4.78, 5) is 8.68. The lowest BCUT2D eigenvalue weighted by molar-refractivity contribution is 0.760. The fraction of sp³-hybridized carbons (Fsp3) is 0.714. The number of rotatable bonds is 7. The molecule has 2 rings (SSSR count). The molecule has 1 saturated carbocycles. The Bertz CT molecular complexity index is 430. The van der Waals surface area contributed by atoms with E-state index in [0.29, 0.717) is 11.3 Å². The highest BCUT2D eigenvalue weighted by Gasteiger charge is 2.28. The van der Waals surface area contributed by atoms with E-state index in [2.05, 4.69) is 62.1 Å². The van der Waals surface area contributed by atoms with Gasteiger partial charge in [-0.2, -0.15) is 11.8 Å². The number of aromatic nitrogens is 2. The van der Waals surface area contributed by atoms with Crippen molar-refractivity contribution in [1.82, 2.24) is 9.97 Å². The van der Waals surface area contributed by atoms with Gasteiger partial charge in [0.25, 0.3) is 0 Å². The van der Waals surface area contributed by atoms with E-state index in [1.807, 2.05) is 0 Å². The SMILES string of the molecule is CCCNc1ncnc(NC2CCCC2SCC)c1Br. The van der Waals surface area contributed by atoms with Gasteiger partial charge in [-0.15, -0.1) is 0 Å². The van der Waals surface area contributed by atoms with Crippen LogP contribution in [0.2, 0.25) is 0 Å². The largest absolute Gasteiger partial charge is 0.369 e. The lowest BCUT2D eigenvalue weighted by Gasteiger charge is -2.21. The van der Waals surface area contributed by atoms with E-state index in [1.165, 1.54) is 25.0 Å². The first-order valence-electron chi connectivity index (χ1n) is 7.38. The standard InChI is InChI=1S/C14H23BrN4S/c1-3-8-16-13-12(15)14(18-9-17-13)19-10-6-5-7-11(10)20-4-2/h9-11H,3-8H2,1-2H3,(H2,16,17,18,19). The summed E-state index contributed by atoms with van der Waals surface area (Å²) in [6.45, 7) is 5.30. The Hall–Kier alpha value is -0.490. The summed E-state index contributed by atoms with van der Waals surface area (Å²) in [5.74, 6) is 2.96. The average Bonchev–Trinajstić information content (AvgIpc) is 2.88. The Kier molecular flexibility index (Phi) is 6.42. The highest BCUT2D eigenvalue weighted by Crippen LogP contribution is 2.34. The third kappa shape index (κ3) is 4.01. The Balaban J connectivity index is 2.05. The number of thioether (sulfide) groups is 1. The predicted molar refractivity (Wildman–Crippen MR) is 91.7 cm³/mol. The smallest absolute Gasteiger partial charge is 0.146 e. The molecule has 1 heterocycles. The van der Waals surface area contributed by atoms with Crippen LogP contribution < -0.4 is 10.6 Å². The third-order valence-electron chi connectivity index (χ3n) is 3.49. The average molecular weight is 359 g/mol. The van der Waals surface area contributed by atoms with E-state index in [0.717, 1.165) is 29.1 Å². The van der Waals surface area contributed by atoms with Gasteiger partial charge in [-0.25, -0.2) is 9.97 Å². The maximum absolute atomic E-state index is 4.39. The quantitative estimate of drug-likeness (QED) is 0.766. The molecular formula is C14H23BrN4S. The van der Waals surface area contributed by atoms with Crippen LogP contribution in [0.5, 0.6) is 0 Å². The van der Waals surface area contributed by atoms with Crippen molar-refractivity contribution in [3.8, 4) is 0 Å². The van der Waals surface area contributed by atoms with Gasteiger partial charge < -0.3 is 10.6 Å². The monoisotopic (exact) mass is 358 g/mol. The van der Waals surface area contributed by atoms with Crippen LogP contribution in [0.3, 0.4) is 0 Å². The highest BCUT2D eigenvalue weighted by atomic mass is 79.9. The van der Waals surface area contributed by atoms with Gasteiger partial charge in [-0.1, -0.05) is 20.3 Å². The molecule has 112 valence electrons. The molecule has 20 heavy (non-hydrogen) atoms. The van der Waals surface area contributed by atoms with Crippen molar-refractivity contribution in [2.75, 3.05) is 22.9 Å². The summed E-state index contributed by atoms with van der Waals surface area (Å²) in [5, 5.41) is 7.63. The summed E-state index contributed by atoms with van der Waals surface area (Å²) in [5.41, 5.74) is 0. The Morgan fingerprint density at radius 2 is 2.10 bits per heavy atom. The molecule has 4 nitrogen and oxygen atoms in total. The molecule has 1 aromatic heterocycles. The number of hydrogen-bond donors (Lipinski definition) is 2. The molecule has 6 heteroatoms. The number of hydrogen-bond acceptors (Lipinski definition) is 5. The Morgan fingerprint density at radius 1 is 1.30 bits per heavy atom. The minimum Gasteiger partial charge on any atom is -0.369 e. The maximum atomic E-state index is 4.39. The normalized spacial score (nSPS) is 21.9. The summed E-state index contributed by atoms with van der Waals surface area (Å²) < 4.78 is 0.945. The van der Waals surface area contributed by atoms with Gasteiger partial charge in [0.1, 0.15) is 22.4 Å². The molecule has 0 bridgehead atoms. The number of anilines is 2. The van der Waals surface area contributed by atoms with Crippen molar-refractivity contribution in [2.24, 2.45) is 0 Å². The van der Waals surface area contributed by atoms with Gasteiger partial charge in [0.15, 0.2) is 0 Å². The van der Waals surface area contributed by atoms with Crippen LogP contribution in [0.15, 0.2) is 10.8 Å². The van der Waals surface area contributed by atoms with E-state index in [-0.39, 0.29) is 0 Å². The number of nitrogens with zero attached hydrogens (tertiary/aromatic N) is 2. The van der Waals surface area contributed by atoms with Crippen molar-refractivity contribution in [3.05, 3.63) is 10.8 Å². The van der Waals surface area contributed by atoms with Gasteiger partial charge >= 0.3 is 0 Å². The minimum atomic E-state index is 0.519. The van der Waals surface area contributed by atoms with Crippen LogP contribution in [0, 0.1) is 0 Å². The van der Waals surface area contributed by atoms with Gasteiger partial charge in [-0.3, -0.25) is 0 Å². The second kappa shape index (κ2) is 8.08. The second-order valence-electron chi connectivity index (χ2n) is 4.99. The molecule has 1 aliphatic carbocycles. The lowest BCUT2D eigenvalue weighted by Crippen LogP contribution is -2.27. The first-order valence-corrected chi connectivity index (χ1v) is 9.22. The topological polar surface area (TPSA) is 49.8 Å². The van der Waals surface area contributed by atoms with Gasteiger partial charge in [0.2, 0.25) is 0 Å². The molecule has 0 spiro atoms. The first kappa shape index (κ1) is 15.9. The Labute approximate surface area is 134 Å². The molecule has 1 aliphatic rings. The molecule has 1 fully saturated rings. The molecule has 2 unspecified atom stereocenters. The summed E-state index contributed by atoms with van der Waals surface area (Å²) in [6.07, 6.45) is 6.55. The second-order valence-corrected chi connectivity index (χ2v) is 7.30. The molecule has 0 saturated heterocycles. The maximum Gasteiger partial charge on any atom is 0.146 e. The first-order chi connectivity index (χ1) is 9.76. The molecule has 2 N–H and O–H groups in total. The zero-order chi connectivity index (χ0) is 14.4. The van der Waals surface area contributed by atoms with E-state index in [4.69, 9.17) is 0 Å². The third-order valence-corrected chi connectivity index (χ3v) is 5.56. The molecule has 0 aromatic carbocycles. The zero-order valence-electron chi connectivity index (χ0n) is 12.2. The number of nitrogens with one attached hydrogen (secondary N) is 2. The van der Waals surface area contributed by atoms with E-state index in [9.17, 15) is 0 Å². The molecule has 2 atom stereocenters. The van der Waals surface area contributed by atoms with Crippen LogP contribution >= 0.6 is 27.7 Å². The van der Waals surface area contributed by atoms with Crippen molar-refractivity contribution in [3.63, 3.8) is 0 Å². The fourth-order valence-electron chi connectivity index (χ4n) is 2.52. The van der Waals surface area contributed by atoms with Gasteiger partial charge in [0, 0.05) is 17.8 Å². The number of halogens is 1. The Morgan fingerprint density at radius 3 is 2.85 bits per heavy atom. The zero-order valence-corrected chi connectivity index (χ0v) is 14.6. The van der Waals surface area contributed by atoms with E-state index >= 15 is 0 Å². The molecule has 0 amide bonds.